The number of hydrogen-bond acceptors (Lipinski definition) is 3. The van der Waals surface area contributed by atoms with Crippen molar-refractivity contribution in [3.05, 3.63) is 33.4 Å². The Balaban J connectivity index is 2.10. The van der Waals surface area contributed by atoms with Gasteiger partial charge in [-0.25, -0.2) is 0 Å². The molecular weight excluding hydrogens is 264 g/mol. The molecule has 0 heterocycles. The van der Waals surface area contributed by atoms with Crippen molar-refractivity contribution in [2.75, 3.05) is 5.32 Å². The molecule has 1 aliphatic rings. The Morgan fingerprint density at radius 1 is 1.14 bits per heavy atom. The first-order chi connectivity index (χ1) is 9.88. The largest absolute Gasteiger partial charge is 0.377 e. The number of nitro groups is 1. The maximum absolute atomic E-state index is 11.2. The third kappa shape index (κ3) is 3.74. The maximum atomic E-state index is 11.2. The average molecular weight is 290 g/mol. The second-order valence-electron chi connectivity index (χ2n) is 6.71. The molecular formula is C17H26N2O2. The molecule has 0 amide bonds. The van der Waals surface area contributed by atoms with Gasteiger partial charge in [0.25, 0.3) is 5.69 Å². The van der Waals surface area contributed by atoms with Crippen molar-refractivity contribution in [1.82, 2.24) is 0 Å². The summed E-state index contributed by atoms with van der Waals surface area (Å²) in [5, 5.41) is 14.7. The van der Waals surface area contributed by atoms with E-state index in [0.717, 1.165) is 35.8 Å². The topological polar surface area (TPSA) is 55.2 Å². The lowest BCUT2D eigenvalue weighted by atomic mass is 9.79. The first-order valence-corrected chi connectivity index (χ1v) is 7.90. The summed E-state index contributed by atoms with van der Waals surface area (Å²) in [5.41, 5.74) is 2.94. The molecule has 1 aromatic rings. The third-order valence-electron chi connectivity index (χ3n) is 4.88. The predicted octanol–water partition coefficient (Wildman–Crippen LogP) is 4.84. The minimum absolute atomic E-state index is 0.198. The standard InChI is InChI=1S/C17H26N2O2/c1-11(2)14-5-7-15(8-6-14)18-16-9-12(3)13(4)10-17(16)19(20)21/h9-11,14-15,18H,5-8H2,1-4H3. The number of aryl methyl sites for hydroxylation is 2. The second kappa shape index (κ2) is 6.46. The fourth-order valence-corrected chi connectivity index (χ4v) is 3.22. The van der Waals surface area contributed by atoms with Gasteiger partial charge in [0.05, 0.1) is 4.92 Å². The summed E-state index contributed by atoms with van der Waals surface area (Å²) in [4.78, 5) is 11.0. The number of nitro benzene ring substituents is 1. The van der Waals surface area contributed by atoms with Crippen LogP contribution in [-0.2, 0) is 0 Å². The smallest absolute Gasteiger partial charge is 0.292 e. The molecule has 116 valence electrons. The molecule has 4 nitrogen and oxygen atoms in total. The highest BCUT2D eigenvalue weighted by atomic mass is 16.6. The lowest BCUT2D eigenvalue weighted by Gasteiger charge is -2.31. The van der Waals surface area contributed by atoms with Crippen molar-refractivity contribution in [2.24, 2.45) is 11.8 Å². The molecule has 0 bridgehead atoms. The molecule has 4 heteroatoms. The molecule has 21 heavy (non-hydrogen) atoms. The average Bonchev–Trinajstić information content (AvgIpc) is 2.43. The van der Waals surface area contributed by atoms with E-state index in [4.69, 9.17) is 0 Å². The second-order valence-corrected chi connectivity index (χ2v) is 6.71. The quantitative estimate of drug-likeness (QED) is 0.637. The van der Waals surface area contributed by atoms with E-state index in [1.807, 2.05) is 19.9 Å². The molecule has 1 fully saturated rings. The van der Waals surface area contributed by atoms with Gasteiger partial charge in [0.2, 0.25) is 0 Å². The van der Waals surface area contributed by atoms with Gasteiger partial charge >= 0.3 is 0 Å². The van der Waals surface area contributed by atoms with Gasteiger partial charge in [0.1, 0.15) is 5.69 Å². The van der Waals surface area contributed by atoms with Crippen LogP contribution in [0.4, 0.5) is 11.4 Å². The van der Waals surface area contributed by atoms with Gasteiger partial charge in [-0.05, 0) is 68.6 Å². The normalized spacial score (nSPS) is 22.3. The molecule has 0 unspecified atom stereocenters. The van der Waals surface area contributed by atoms with Crippen molar-refractivity contribution in [2.45, 2.75) is 59.4 Å². The molecule has 0 radical (unpaired) electrons. The molecule has 0 atom stereocenters. The van der Waals surface area contributed by atoms with E-state index < -0.39 is 0 Å². The Bertz CT molecular complexity index is 518. The summed E-state index contributed by atoms with van der Waals surface area (Å²) < 4.78 is 0. The van der Waals surface area contributed by atoms with E-state index in [9.17, 15) is 10.1 Å². The van der Waals surface area contributed by atoms with Gasteiger partial charge in [-0.2, -0.15) is 0 Å². The highest BCUT2D eigenvalue weighted by molar-refractivity contribution is 5.64. The number of hydrogen-bond donors (Lipinski definition) is 1. The molecule has 0 saturated heterocycles. The number of benzene rings is 1. The lowest BCUT2D eigenvalue weighted by molar-refractivity contribution is -0.384. The van der Waals surface area contributed by atoms with Crippen LogP contribution in [0.15, 0.2) is 12.1 Å². The minimum Gasteiger partial charge on any atom is -0.377 e. The molecule has 2 rings (SSSR count). The summed E-state index contributed by atoms with van der Waals surface area (Å²) in [6.07, 6.45) is 4.64. The SMILES string of the molecule is Cc1cc(NC2CCC(C(C)C)CC2)c([N+](=O)[O-])cc1C. The first-order valence-electron chi connectivity index (χ1n) is 7.90. The summed E-state index contributed by atoms with van der Waals surface area (Å²) in [7, 11) is 0. The van der Waals surface area contributed by atoms with E-state index in [1.165, 1.54) is 12.8 Å². The van der Waals surface area contributed by atoms with Crippen molar-refractivity contribution in [1.29, 1.82) is 0 Å². The van der Waals surface area contributed by atoms with Crippen molar-refractivity contribution < 1.29 is 4.92 Å². The zero-order valence-corrected chi connectivity index (χ0v) is 13.5. The monoisotopic (exact) mass is 290 g/mol. The van der Waals surface area contributed by atoms with Crippen LogP contribution in [0.2, 0.25) is 0 Å². The van der Waals surface area contributed by atoms with Gasteiger partial charge in [-0.15, -0.1) is 0 Å². The van der Waals surface area contributed by atoms with Crippen LogP contribution in [0.1, 0.15) is 50.7 Å². The van der Waals surface area contributed by atoms with Gasteiger partial charge in [0.15, 0.2) is 0 Å². The fourth-order valence-electron chi connectivity index (χ4n) is 3.22. The minimum atomic E-state index is -0.283. The van der Waals surface area contributed by atoms with Crippen molar-refractivity contribution in [3.8, 4) is 0 Å². The Morgan fingerprint density at radius 2 is 1.71 bits per heavy atom. The van der Waals surface area contributed by atoms with Gasteiger partial charge in [-0.3, -0.25) is 10.1 Å². The van der Waals surface area contributed by atoms with Gasteiger partial charge in [-0.1, -0.05) is 13.8 Å². The third-order valence-corrected chi connectivity index (χ3v) is 4.88. The van der Waals surface area contributed by atoms with Gasteiger partial charge in [0, 0.05) is 12.1 Å². The number of nitrogens with one attached hydrogen (secondary N) is 1. The summed E-state index contributed by atoms with van der Waals surface area (Å²) in [6.45, 7) is 8.49. The Kier molecular flexibility index (Phi) is 4.86. The number of anilines is 1. The van der Waals surface area contributed by atoms with Crippen LogP contribution < -0.4 is 5.32 Å². The number of rotatable bonds is 4. The van der Waals surface area contributed by atoms with Crippen LogP contribution in [0, 0.1) is 35.8 Å². The highest BCUT2D eigenvalue weighted by Gasteiger charge is 2.25. The zero-order chi connectivity index (χ0) is 15.6. The van der Waals surface area contributed by atoms with E-state index in [2.05, 4.69) is 19.2 Å². The van der Waals surface area contributed by atoms with Crippen LogP contribution >= 0.6 is 0 Å². The molecule has 0 aliphatic heterocycles. The molecule has 1 aromatic carbocycles. The van der Waals surface area contributed by atoms with Crippen LogP contribution in [0.25, 0.3) is 0 Å². The molecule has 1 N–H and O–H groups in total. The highest BCUT2D eigenvalue weighted by Crippen LogP contribution is 2.34. The summed E-state index contributed by atoms with van der Waals surface area (Å²) >= 11 is 0. The Morgan fingerprint density at radius 3 is 2.24 bits per heavy atom. The van der Waals surface area contributed by atoms with Crippen LogP contribution in [-0.4, -0.2) is 11.0 Å². The molecule has 0 spiro atoms. The maximum Gasteiger partial charge on any atom is 0.292 e. The molecule has 1 aliphatic carbocycles. The first kappa shape index (κ1) is 15.8. The van der Waals surface area contributed by atoms with E-state index in [0.29, 0.717) is 11.7 Å². The van der Waals surface area contributed by atoms with Crippen molar-refractivity contribution >= 4 is 11.4 Å². The zero-order valence-electron chi connectivity index (χ0n) is 13.5. The van der Waals surface area contributed by atoms with E-state index in [-0.39, 0.29) is 10.6 Å². The summed E-state index contributed by atoms with van der Waals surface area (Å²) in [5.74, 6) is 1.54. The molecule has 1 saturated carbocycles. The Labute approximate surface area is 127 Å². The fraction of sp³-hybridized carbons (Fsp3) is 0.647. The lowest BCUT2D eigenvalue weighted by Crippen LogP contribution is -2.28. The van der Waals surface area contributed by atoms with Crippen molar-refractivity contribution in [3.63, 3.8) is 0 Å². The van der Waals surface area contributed by atoms with E-state index in [1.54, 1.807) is 6.07 Å². The Hall–Kier alpha value is -1.58. The summed E-state index contributed by atoms with van der Waals surface area (Å²) in [6, 6.07) is 3.96. The number of nitrogens with zero attached hydrogens (tertiary/aromatic N) is 1. The van der Waals surface area contributed by atoms with E-state index >= 15 is 0 Å². The predicted molar refractivity (Wildman–Crippen MR) is 86.8 cm³/mol. The van der Waals surface area contributed by atoms with Crippen LogP contribution in [0.3, 0.4) is 0 Å². The van der Waals surface area contributed by atoms with Gasteiger partial charge < -0.3 is 5.32 Å². The molecule has 0 aromatic heterocycles. The van der Waals surface area contributed by atoms with Crippen LogP contribution in [0.5, 0.6) is 0 Å².